The molecule has 0 aromatic heterocycles. The van der Waals surface area contributed by atoms with Gasteiger partial charge < -0.3 is 9.47 Å². The van der Waals surface area contributed by atoms with Crippen LogP contribution in [0.4, 0.5) is 0 Å². The second-order valence-electron chi connectivity index (χ2n) is 3.96. The summed E-state index contributed by atoms with van der Waals surface area (Å²) in [4.78, 5) is 11.2. The molecule has 0 rings (SSSR count). The normalized spacial score (nSPS) is 13.4. The maximum atomic E-state index is 11.2. The van der Waals surface area contributed by atoms with Crippen LogP contribution in [0.5, 0.6) is 0 Å². The fraction of sp³-hybridized carbons (Fsp3) is 0.643. The van der Waals surface area contributed by atoms with Crippen LogP contribution in [-0.2, 0) is 14.3 Å². The summed E-state index contributed by atoms with van der Waals surface area (Å²) in [6.45, 7) is 4.32. The van der Waals surface area contributed by atoms with Gasteiger partial charge in [0.25, 0.3) is 0 Å². The van der Waals surface area contributed by atoms with Crippen molar-refractivity contribution in [3.05, 3.63) is 24.3 Å². The third-order valence-electron chi connectivity index (χ3n) is 2.32. The Morgan fingerprint density at radius 1 is 1.29 bits per heavy atom. The standard InChI is InChI=1S/C14H24O3/c1-4-5-6-7-8-9-10-11-14(15)17-12-13(2)16-3/h8-11,13H,4-7,12H2,1-3H3/b9-8+,11-10+. The van der Waals surface area contributed by atoms with Crippen molar-refractivity contribution < 1.29 is 14.3 Å². The van der Waals surface area contributed by atoms with E-state index in [9.17, 15) is 4.79 Å². The smallest absolute Gasteiger partial charge is 0.330 e. The summed E-state index contributed by atoms with van der Waals surface area (Å²) in [6, 6.07) is 0. The molecule has 3 heteroatoms. The Morgan fingerprint density at radius 3 is 2.71 bits per heavy atom. The summed E-state index contributed by atoms with van der Waals surface area (Å²) in [5.74, 6) is -0.327. The van der Waals surface area contributed by atoms with Crippen molar-refractivity contribution in [2.45, 2.75) is 45.6 Å². The topological polar surface area (TPSA) is 35.5 Å². The third-order valence-corrected chi connectivity index (χ3v) is 2.32. The van der Waals surface area contributed by atoms with E-state index in [1.807, 2.05) is 13.0 Å². The fourth-order valence-corrected chi connectivity index (χ4v) is 1.14. The molecular formula is C14H24O3. The summed E-state index contributed by atoms with van der Waals surface area (Å²) in [5, 5.41) is 0. The Balaban J connectivity index is 3.59. The van der Waals surface area contributed by atoms with Crippen LogP contribution in [0.25, 0.3) is 0 Å². The van der Waals surface area contributed by atoms with E-state index in [1.54, 1.807) is 13.2 Å². The summed E-state index contributed by atoms with van der Waals surface area (Å²) in [6.07, 6.45) is 11.8. The average molecular weight is 240 g/mol. The average Bonchev–Trinajstić information content (AvgIpc) is 2.34. The Hall–Kier alpha value is -1.09. The first-order chi connectivity index (χ1) is 8.20. The number of carbonyl (C=O) groups excluding carboxylic acids is 1. The predicted molar refractivity (Wildman–Crippen MR) is 69.9 cm³/mol. The molecule has 0 fully saturated rings. The largest absolute Gasteiger partial charge is 0.460 e. The Morgan fingerprint density at radius 2 is 2.06 bits per heavy atom. The zero-order valence-corrected chi connectivity index (χ0v) is 11.1. The van der Waals surface area contributed by atoms with E-state index in [0.717, 1.165) is 6.42 Å². The number of hydrogen-bond acceptors (Lipinski definition) is 3. The first kappa shape index (κ1) is 15.9. The summed E-state index contributed by atoms with van der Waals surface area (Å²) in [7, 11) is 1.59. The van der Waals surface area contributed by atoms with E-state index in [1.165, 1.54) is 25.3 Å². The second-order valence-corrected chi connectivity index (χ2v) is 3.96. The minimum atomic E-state index is -0.327. The Labute approximate surface area is 104 Å². The molecule has 3 nitrogen and oxygen atoms in total. The highest BCUT2D eigenvalue weighted by Gasteiger charge is 2.01. The van der Waals surface area contributed by atoms with E-state index in [4.69, 9.17) is 9.47 Å². The van der Waals surface area contributed by atoms with Crippen LogP contribution in [-0.4, -0.2) is 25.8 Å². The highest BCUT2D eigenvalue weighted by molar-refractivity contribution is 5.82. The molecule has 17 heavy (non-hydrogen) atoms. The van der Waals surface area contributed by atoms with E-state index >= 15 is 0 Å². The number of ether oxygens (including phenoxy) is 2. The van der Waals surface area contributed by atoms with Gasteiger partial charge in [0.2, 0.25) is 0 Å². The van der Waals surface area contributed by atoms with Crippen molar-refractivity contribution >= 4 is 5.97 Å². The summed E-state index contributed by atoms with van der Waals surface area (Å²) < 4.78 is 9.92. The first-order valence-electron chi connectivity index (χ1n) is 6.23. The van der Waals surface area contributed by atoms with Crippen molar-refractivity contribution in [3.8, 4) is 0 Å². The van der Waals surface area contributed by atoms with Gasteiger partial charge in [-0.2, -0.15) is 0 Å². The number of unbranched alkanes of at least 4 members (excludes halogenated alkanes) is 3. The van der Waals surface area contributed by atoms with Crippen LogP contribution < -0.4 is 0 Å². The van der Waals surface area contributed by atoms with Crippen LogP contribution >= 0.6 is 0 Å². The van der Waals surface area contributed by atoms with Crippen LogP contribution in [0.2, 0.25) is 0 Å². The molecule has 0 saturated carbocycles. The lowest BCUT2D eigenvalue weighted by atomic mass is 10.2. The van der Waals surface area contributed by atoms with Crippen LogP contribution in [0.1, 0.15) is 39.5 Å². The third kappa shape index (κ3) is 11.2. The van der Waals surface area contributed by atoms with Crippen molar-refractivity contribution in [1.29, 1.82) is 0 Å². The summed E-state index contributed by atoms with van der Waals surface area (Å²) in [5.41, 5.74) is 0. The molecule has 0 heterocycles. The summed E-state index contributed by atoms with van der Waals surface area (Å²) >= 11 is 0. The molecule has 0 aromatic carbocycles. The molecule has 1 unspecified atom stereocenters. The number of esters is 1. The van der Waals surface area contributed by atoms with Gasteiger partial charge in [0.15, 0.2) is 0 Å². The number of carbonyl (C=O) groups is 1. The molecular weight excluding hydrogens is 216 g/mol. The molecule has 1 atom stereocenters. The second kappa shape index (κ2) is 11.4. The zero-order chi connectivity index (χ0) is 12.9. The SMILES string of the molecule is CCCCC/C=C/C=C/C(=O)OCC(C)OC. The van der Waals surface area contributed by atoms with Crippen molar-refractivity contribution in [3.63, 3.8) is 0 Å². The van der Waals surface area contributed by atoms with E-state index in [0.29, 0.717) is 6.61 Å². The van der Waals surface area contributed by atoms with E-state index in [-0.39, 0.29) is 12.1 Å². The monoisotopic (exact) mass is 240 g/mol. The zero-order valence-electron chi connectivity index (χ0n) is 11.1. The molecule has 0 aliphatic carbocycles. The van der Waals surface area contributed by atoms with Crippen molar-refractivity contribution in [2.24, 2.45) is 0 Å². The van der Waals surface area contributed by atoms with Gasteiger partial charge in [-0.1, -0.05) is 38.0 Å². The number of methoxy groups -OCH3 is 1. The Kier molecular flexibility index (Phi) is 10.7. The van der Waals surface area contributed by atoms with Crippen molar-refractivity contribution in [2.75, 3.05) is 13.7 Å². The van der Waals surface area contributed by atoms with Gasteiger partial charge in [0.1, 0.15) is 6.61 Å². The molecule has 0 N–H and O–H groups in total. The first-order valence-corrected chi connectivity index (χ1v) is 6.23. The van der Waals surface area contributed by atoms with E-state index < -0.39 is 0 Å². The predicted octanol–water partition coefficient (Wildman–Crippen LogP) is 3.26. The molecule has 0 radical (unpaired) electrons. The quantitative estimate of drug-likeness (QED) is 0.268. The molecule has 0 spiro atoms. The number of hydrogen-bond donors (Lipinski definition) is 0. The lowest BCUT2D eigenvalue weighted by Gasteiger charge is -2.07. The van der Waals surface area contributed by atoms with Gasteiger partial charge in [0, 0.05) is 13.2 Å². The van der Waals surface area contributed by atoms with Gasteiger partial charge >= 0.3 is 5.97 Å². The van der Waals surface area contributed by atoms with Gasteiger partial charge in [-0.25, -0.2) is 4.79 Å². The van der Waals surface area contributed by atoms with E-state index in [2.05, 4.69) is 13.0 Å². The van der Waals surface area contributed by atoms with Crippen molar-refractivity contribution in [1.82, 2.24) is 0 Å². The van der Waals surface area contributed by atoms with Gasteiger partial charge in [0.05, 0.1) is 6.10 Å². The molecule has 0 saturated heterocycles. The number of rotatable bonds is 9. The highest BCUT2D eigenvalue weighted by Crippen LogP contribution is 1.99. The van der Waals surface area contributed by atoms with Crippen LogP contribution in [0.3, 0.4) is 0 Å². The molecule has 98 valence electrons. The maximum absolute atomic E-state index is 11.2. The lowest BCUT2D eigenvalue weighted by molar-refractivity contribution is -0.140. The molecule has 0 aliphatic heterocycles. The highest BCUT2D eigenvalue weighted by atomic mass is 16.6. The number of allylic oxidation sites excluding steroid dienone is 3. The van der Waals surface area contributed by atoms with Gasteiger partial charge in [-0.3, -0.25) is 0 Å². The van der Waals surface area contributed by atoms with Crippen LogP contribution in [0.15, 0.2) is 24.3 Å². The fourth-order valence-electron chi connectivity index (χ4n) is 1.14. The lowest BCUT2D eigenvalue weighted by Crippen LogP contribution is -2.16. The maximum Gasteiger partial charge on any atom is 0.330 e. The molecule has 0 bridgehead atoms. The minimum absolute atomic E-state index is 0.0584. The minimum Gasteiger partial charge on any atom is -0.460 e. The van der Waals surface area contributed by atoms with Gasteiger partial charge in [-0.15, -0.1) is 0 Å². The Bertz CT molecular complexity index is 244. The van der Waals surface area contributed by atoms with Crippen LogP contribution in [0, 0.1) is 0 Å². The van der Waals surface area contributed by atoms with Gasteiger partial charge in [-0.05, 0) is 19.8 Å². The molecule has 0 aromatic rings. The molecule has 0 amide bonds. The molecule has 0 aliphatic rings.